The predicted octanol–water partition coefficient (Wildman–Crippen LogP) is 6.91. The van der Waals surface area contributed by atoms with Crippen molar-refractivity contribution < 1.29 is 44.2 Å². The fourth-order valence-electron chi connectivity index (χ4n) is 5.66. The molecule has 0 aromatic heterocycles. The summed E-state index contributed by atoms with van der Waals surface area (Å²) in [4.78, 5) is 12.7. The van der Waals surface area contributed by atoms with Crippen LogP contribution in [0.2, 0.25) is 0 Å². The normalized spacial score (nSPS) is 22.4. The Bertz CT molecular complexity index is 717. The molecule has 0 aliphatic carbocycles. The van der Waals surface area contributed by atoms with Crippen molar-refractivity contribution in [2.24, 2.45) is 0 Å². The van der Waals surface area contributed by atoms with Crippen molar-refractivity contribution in [3.8, 4) is 0 Å². The summed E-state index contributed by atoms with van der Waals surface area (Å²) < 4.78 is 22.6. The highest BCUT2D eigenvalue weighted by Gasteiger charge is 2.44. The Morgan fingerprint density at radius 3 is 1.78 bits per heavy atom. The third kappa shape index (κ3) is 21.7. The highest BCUT2D eigenvalue weighted by Crippen LogP contribution is 2.22. The van der Waals surface area contributed by atoms with Gasteiger partial charge in [0.25, 0.3) is 0 Å². The molecule has 0 amide bonds. The van der Waals surface area contributed by atoms with Crippen LogP contribution in [-0.2, 0) is 23.7 Å². The number of hydrogen-bond acceptors (Lipinski definition) is 9. The van der Waals surface area contributed by atoms with E-state index in [1.54, 1.807) is 0 Å². The molecular weight excluding hydrogens is 588 g/mol. The minimum Gasteiger partial charge on any atom is -0.457 e. The number of rotatable bonds is 31. The van der Waals surface area contributed by atoms with Gasteiger partial charge in [-0.15, -0.1) is 0 Å². The van der Waals surface area contributed by atoms with Crippen LogP contribution < -0.4 is 0 Å². The number of carbonyl (C=O) groups is 1. The monoisotopic (exact) mass is 659 g/mol. The van der Waals surface area contributed by atoms with Gasteiger partial charge in [-0.05, 0) is 38.5 Å². The van der Waals surface area contributed by atoms with Crippen molar-refractivity contribution in [3.63, 3.8) is 0 Å². The fourth-order valence-corrected chi connectivity index (χ4v) is 5.66. The maximum absolute atomic E-state index is 12.7. The minimum absolute atomic E-state index is 0.113. The maximum atomic E-state index is 12.7. The van der Waals surface area contributed by atoms with E-state index in [1.165, 1.54) is 89.9 Å². The third-order valence-corrected chi connectivity index (χ3v) is 8.68. The van der Waals surface area contributed by atoms with Gasteiger partial charge in [0.05, 0.1) is 19.8 Å². The van der Waals surface area contributed by atoms with E-state index in [-0.39, 0.29) is 19.2 Å². The van der Waals surface area contributed by atoms with Gasteiger partial charge in [-0.2, -0.15) is 0 Å². The molecular formula is C37H70O9. The van der Waals surface area contributed by atoms with Gasteiger partial charge in [-0.1, -0.05) is 122 Å². The predicted molar refractivity (Wildman–Crippen MR) is 182 cm³/mol. The second kappa shape index (κ2) is 30.0. The molecule has 9 heteroatoms. The first-order chi connectivity index (χ1) is 22.4. The second-order valence-electron chi connectivity index (χ2n) is 13.0. The molecule has 4 N–H and O–H groups in total. The molecule has 0 bridgehead atoms. The van der Waals surface area contributed by atoms with Crippen molar-refractivity contribution in [2.45, 2.75) is 192 Å². The number of allylic oxidation sites excluding steroid dienone is 2. The lowest BCUT2D eigenvalue weighted by Gasteiger charge is -2.39. The number of unbranched alkanes of at least 4 members (excludes halogenated alkanes) is 18. The summed E-state index contributed by atoms with van der Waals surface area (Å²) in [5.41, 5.74) is 0. The topological polar surface area (TPSA) is 135 Å². The van der Waals surface area contributed by atoms with Crippen molar-refractivity contribution in [3.05, 3.63) is 12.2 Å². The molecule has 0 spiro atoms. The highest BCUT2D eigenvalue weighted by molar-refractivity contribution is 5.69. The second-order valence-corrected chi connectivity index (χ2v) is 13.0. The molecule has 1 saturated heterocycles. The van der Waals surface area contributed by atoms with Gasteiger partial charge in [0.15, 0.2) is 6.29 Å². The highest BCUT2D eigenvalue weighted by atomic mass is 16.7. The summed E-state index contributed by atoms with van der Waals surface area (Å²) in [5, 5.41) is 39.9. The molecule has 1 rings (SSSR count). The van der Waals surface area contributed by atoms with Crippen molar-refractivity contribution in [1.29, 1.82) is 0 Å². The van der Waals surface area contributed by atoms with Crippen LogP contribution in [0.1, 0.15) is 155 Å². The number of hydrogen-bond donors (Lipinski definition) is 4. The molecule has 1 heterocycles. The number of aliphatic hydroxyl groups is 4. The fraction of sp³-hybridized carbons (Fsp3) is 0.919. The molecule has 6 unspecified atom stereocenters. The summed E-state index contributed by atoms with van der Waals surface area (Å²) in [6.07, 6.45) is 22.3. The quantitative estimate of drug-likeness (QED) is 0.0356. The van der Waals surface area contributed by atoms with E-state index in [0.717, 1.165) is 44.9 Å². The molecule has 6 atom stereocenters. The lowest BCUT2D eigenvalue weighted by Crippen LogP contribution is -2.59. The van der Waals surface area contributed by atoms with Gasteiger partial charge in [0.2, 0.25) is 0 Å². The number of esters is 1. The lowest BCUT2D eigenvalue weighted by molar-refractivity contribution is -0.305. The van der Waals surface area contributed by atoms with Crippen molar-refractivity contribution in [2.75, 3.05) is 26.4 Å². The Kier molecular flexibility index (Phi) is 28.0. The van der Waals surface area contributed by atoms with E-state index in [4.69, 9.17) is 18.9 Å². The van der Waals surface area contributed by atoms with Crippen LogP contribution in [0, 0.1) is 0 Å². The van der Waals surface area contributed by atoms with Crippen LogP contribution in [-0.4, -0.2) is 89.6 Å². The summed E-state index contributed by atoms with van der Waals surface area (Å²) in [6.45, 7) is 4.52. The average molecular weight is 659 g/mol. The molecule has 0 aromatic carbocycles. The Hall–Kier alpha value is -1.07. The van der Waals surface area contributed by atoms with Gasteiger partial charge in [-0.3, -0.25) is 4.79 Å². The molecule has 1 aliphatic heterocycles. The largest absolute Gasteiger partial charge is 0.457 e. The molecule has 1 aliphatic rings. The van der Waals surface area contributed by atoms with E-state index in [0.29, 0.717) is 13.0 Å². The molecule has 46 heavy (non-hydrogen) atoms. The Morgan fingerprint density at radius 1 is 0.674 bits per heavy atom. The first-order valence-electron chi connectivity index (χ1n) is 18.8. The first kappa shape index (κ1) is 43.0. The van der Waals surface area contributed by atoms with Crippen LogP contribution in [0.15, 0.2) is 12.2 Å². The third-order valence-electron chi connectivity index (χ3n) is 8.68. The van der Waals surface area contributed by atoms with Gasteiger partial charge >= 0.3 is 5.97 Å². The SMILES string of the molecule is CCCCCC/C=C\CCCCCCCC(=O)OC(COCCCCCCCCCCCC)COC1OC(CO)C(O)C(O)C1O. The van der Waals surface area contributed by atoms with Crippen molar-refractivity contribution in [1.82, 2.24) is 0 Å². The zero-order valence-electron chi connectivity index (χ0n) is 29.3. The van der Waals surface area contributed by atoms with E-state index in [1.807, 2.05) is 0 Å². The average Bonchev–Trinajstić information content (AvgIpc) is 3.05. The summed E-state index contributed by atoms with van der Waals surface area (Å²) >= 11 is 0. The van der Waals surface area contributed by atoms with Gasteiger partial charge in [0.1, 0.15) is 30.5 Å². The zero-order valence-corrected chi connectivity index (χ0v) is 29.3. The molecule has 0 radical (unpaired) electrons. The van der Waals surface area contributed by atoms with Crippen LogP contribution in [0.4, 0.5) is 0 Å². The number of aliphatic hydroxyl groups excluding tert-OH is 4. The first-order valence-corrected chi connectivity index (χ1v) is 18.8. The lowest BCUT2D eigenvalue weighted by atomic mass is 9.99. The Morgan fingerprint density at radius 2 is 1.20 bits per heavy atom. The van der Waals surface area contributed by atoms with Gasteiger partial charge in [-0.25, -0.2) is 0 Å². The van der Waals surface area contributed by atoms with Gasteiger partial charge in [0, 0.05) is 13.0 Å². The Labute approximate surface area is 280 Å². The summed E-state index contributed by atoms with van der Waals surface area (Å²) in [7, 11) is 0. The molecule has 1 fully saturated rings. The zero-order chi connectivity index (χ0) is 33.7. The molecule has 0 saturated carbocycles. The number of carbonyl (C=O) groups excluding carboxylic acids is 1. The van der Waals surface area contributed by atoms with E-state index in [2.05, 4.69) is 26.0 Å². The Balaban J connectivity index is 2.35. The van der Waals surface area contributed by atoms with Crippen molar-refractivity contribution >= 4 is 5.97 Å². The maximum Gasteiger partial charge on any atom is 0.306 e. The van der Waals surface area contributed by atoms with Gasteiger partial charge < -0.3 is 39.4 Å². The van der Waals surface area contributed by atoms with E-state index < -0.39 is 43.4 Å². The smallest absolute Gasteiger partial charge is 0.306 e. The molecule has 0 aromatic rings. The van der Waals surface area contributed by atoms with Crippen LogP contribution in [0.3, 0.4) is 0 Å². The number of ether oxygens (including phenoxy) is 4. The summed E-state index contributed by atoms with van der Waals surface area (Å²) in [6, 6.07) is 0. The van der Waals surface area contributed by atoms with Crippen LogP contribution in [0.25, 0.3) is 0 Å². The molecule has 9 nitrogen and oxygen atoms in total. The minimum atomic E-state index is -1.53. The summed E-state index contributed by atoms with van der Waals surface area (Å²) in [5.74, 6) is -0.323. The molecule has 272 valence electrons. The van der Waals surface area contributed by atoms with E-state index in [9.17, 15) is 25.2 Å². The van der Waals surface area contributed by atoms with Crippen LogP contribution in [0.5, 0.6) is 0 Å². The standard InChI is InChI=1S/C37H70O9/c1-3-5-7-9-11-13-15-16-17-18-20-22-24-26-33(39)45-31(29-43-27-25-23-21-19-14-12-10-8-6-4-2)30-44-37-36(42)35(41)34(40)32(28-38)46-37/h13,15,31-32,34-38,40-42H,3-12,14,16-30H2,1-2H3/b15-13-. The van der Waals surface area contributed by atoms with Crippen LogP contribution >= 0.6 is 0 Å². The van der Waals surface area contributed by atoms with E-state index >= 15 is 0 Å².